The SMILES string of the molecule is CNc1ncc(Cl)c(NCc2ccc(OC)nc2)n1. The highest BCUT2D eigenvalue weighted by molar-refractivity contribution is 6.32. The second kappa shape index (κ2) is 6.19. The minimum atomic E-state index is 0.473. The van der Waals surface area contributed by atoms with Gasteiger partial charge in [-0.15, -0.1) is 0 Å². The molecule has 2 N–H and O–H groups in total. The molecule has 0 unspecified atom stereocenters. The average Bonchev–Trinajstić information content (AvgIpc) is 2.47. The molecule has 0 spiro atoms. The topological polar surface area (TPSA) is 72.0 Å². The van der Waals surface area contributed by atoms with E-state index >= 15 is 0 Å². The van der Waals surface area contributed by atoms with E-state index in [4.69, 9.17) is 16.3 Å². The molecular weight excluding hydrogens is 266 g/mol. The number of nitrogens with zero attached hydrogens (tertiary/aromatic N) is 3. The number of hydrogen-bond acceptors (Lipinski definition) is 6. The van der Waals surface area contributed by atoms with Crippen molar-refractivity contribution in [3.8, 4) is 5.88 Å². The summed E-state index contributed by atoms with van der Waals surface area (Å²) < 4.78 is 5.00. The van der Waals surface area contributed by atoms with E-state index < -0.39 is 0 Å². The van der Waals surface area contributed by atoms with Crippen molar-refractivity contribution in [1.29, 1.82) is 0 Å². The van der Waals surface area contributed by atoms with Crippen molar-refractivity contribution in [2.45, 2.75) is 6.54 Å². The number of aromatic nitrogens is 3. The average molecular weight is 280 g/mol. The normalized spacial score (nSPS) is 10.1. The van der Waals surface area contributed by atoms with E-state index in [9.17, 15) is 0 Å². The Kier molecular flexibility index (Phi) is 4.35. The second-order valence-corrected chi connectivity index (χ2v) is 4.11. The molecule has 0 aliphatic heterocycles. The molecule has 2 heterocycles. The van der Waals surface area contributed by atoms with Crippen molar-refractivity contribution in [2.75, 3.05) is 24.8 Å². The smallest absolute Gasteiger partial charge is 0.224 e. The molecule has 19 heavy (non-hydrogen) atoms. The lowest BCUT2D eigenvalue weighted by molar-refractivity contribution is 0.397. The molecule has 7 heteroatoms. The summed E-state index contributed by atoms with van der Waals surface area (Å²) in [4.78, 5) is 12.4. The van der Waals surface area contributed by atoms with Crippen LogP contribution in [0, 0.1) is 0 Å². The molecule has 0 saturated carbocycles. The highest BCUT2D eigenvalue weighted by Gasteiger charge is 2.04. The molecule has 0 radical (unpaired) electrons. The van der Waals surface area contributed by atoms with Crippen LogP contribution in [0.15, 0.2) is 24.5 Å². The van der Waals surface area contributed by atoms with E-state index in [-0.39, 0.29) is 0 Å². The van der Waals surface area contributed by atoms with Gasteiger partial charge in [0, 0.05) is 25.9 Å². The Labute approximate surface area is 116 Å². The number of hydrogen-bond donors (Lipinski definition) is 2. The van der Waals surface area contributed by atoms with Gasteiger partial charge < -0.3 is 15.4 Å². The summed E-state index contributed by atoms with van der Waals surface area (Å²) in [5.41, 5.74) is 1.00. The highest BCUT2D eigenvalue weighted by atomic mass is 35.5. The van der Waals surface area contributed by atoms with Gasteiger partial charge in [0.2, 0.25) is 11.8 Å². The molecule has 0 saturated heterocycles. The van der Waals surface area contributed by atoms with Gasteiger partial charge in [-0.1, -0.05) is 17.7 Å². The quantitative estimate of drug-likeness (QED) is 0.874. The van der Waals surface area contributed by atoms with Gasteiger partial charge in [-0.05, 0) is 5.56 Å². The molecular formula is C12H14ClN5O. The fourth-order valence-corrected chi connectivity index (χ4v) is 1.59. The highest BCUT2D eigenvalue weighted by Crippen LogP contribution is 2.20. The Morgan fingerprint density at radius 2 is 2.11 bits per heavy atom. The third kappa shape index (κ3) is 3.45. The van der Waals surface area contributed by atoms with E-state index in [1.54, 1.807) is 32.6 Å². The molecule has 6 nitrogen and oxygen atoms in total. The van der Waals surface area contributed by atoms with Crippen LogP contribution in [-0.2, 0) is 6.54 Å². The summed E-state index contributed by atoms with van der Waals surface area (Å²) in [6.45, 7) is 0.566. The number of halogens is 1. The van der Waals surface area contributed by atoms with Gasteiger partial charge in [-0.3, -0.25) is 0 Å². The van der Waals surface area contributed by atoms with Crippen LogP contribution in [-0.4, -0.2) is 29.1 Å². The lowest BCUT2D eigenvalue weighted by Crippen LogP contribution is -2.05. The summed E-state index contributed by atoms with van der Waals surface area (Å²) in [5.74, 6) is 1.68. The fourth-order valence-electron chi connectivity index (χ4n) is 1.43. The number of anilines is 2. The molecule has 0 aromatic carbocycles. The van der Waals surface area contributed by atoms with Gasteiger partial charge in [-0.2, -0.15) is 4.98 Å². The predicted octanol–water partition coefficient (Wildman–Crippen LogP) is 2.19. The molecule has 0 aliphatic rings. The molecule has 2 aromatic heterocycles. The lowest BCUT2D eigenvalue weighted by atomic mass is 10.3. The fraction of sp³-hybridized carbons (Fsp3) is 0.250. The Hall–Kier alpha value is -2.08. The first kappa shape index (κ1) is 13.4. The van der Waals surface area contributed by atoms with E-state index in [2.05, 4.69) is 25.6 Å². The zero-order valence-electron chi connectivity index (χ0n) is 10.6. The predicted molar refractivity (Wildman–Crippen MR) is 74.7 cm³/mol. The summed E-state index contributed by atoms with van der Waals surface area (Å²) in [5, 5.41) is 6.47. The van der Waals surface area contributed by atoms with Gasteiger partial charge in [0.15, 0.2) is 5.82 Å². The third-order valence-electron chi connectivity index (χ3n) is 2.43. The zero-order chi connectivity index (χ0) is 13.7. The first-order chi connectivity index (χ1) is 9.22. The van der Waals surface area contributed by atoms with Crippen molar-refractivity contribution in [1.82, 2.24) is 15.0 Å². The first-order valence-corrected chi connectivity index (χ1v) is 6.04. The number of pyridine rings is 1. The maximum Gasteiger partial charge on any atom is 0.224 e. The van der Waals surface area contributed by atoms with Gasteiger partial charge in [0.1, 0.15) is 5.02 Å². The van der Waals surface area contributed by atoms with Gasteiger partial charge >= 0.3 is 0 Å². The number of nitrogens with one attached hydrogen (secondary N) is 2. The molecule has 0 bridgehead atoms. The van der Waals surface area contributed by atoms with Crippen molar-refractivity contribution >= 4 is 23.4 Å². The van der Waals surface area contributed by atoms with Crippen LogP contribution in [0.2, 0.25) is 5.02 Å². The van der Waals surface area contributed by atoms with Crippen LogP contribution in [0.4, 0.5) is 11.8 Å². The van der Waals surface area contributed by atoms with Gasteiger partial charge in [-0.25, -0.2) is 9.97 Å². The maximum atomic E-state index is 6.02. The summed E-state index contributed by atoms with van der Waals surface area (Å²) in [6, 6.07) is 3.73. The summed E-state index contributed by atoms with van der Waals surface area (Å²) in [6.07, 6.45) is 3.29. The van der Waals surface area contributed by atoms with Crippen LogP contribution in [0.25, 0.3) is 0 Å². The first-order valence-electron chi connectivity index (χ1n) is 5.66. The molecule has 100 valence electrons. The molecule has 0 fully saturated rings. The van der Waals surface area contributed by atoms with E-state index in [0.717, 1.165) is 5.56 Å². The minimum Gasteiger partial charge on any atom is -0.481 e. The van der Waals surface area contributed by atoms with Crippen molar-refractivity contribution < 1.29 is 4.74 Å². The van der Waals surface area contributed by atoms with E-state index in [1.807, 2.05) is 6.07 Å². The van der Waals surface area contributed by atoms with Crippen molar-refractivity contribution in [2.24, 2.45) is 0 Å². The Morgan fingerprint density at radius 3 is 2.74 bits per heavy atom. The molecule has 0 atom stereocenters. The van der Waals surface area contributed by atoms with Crippen molar-refractivity contribution in [3.05, 3.63) is 35.1 Å². The number of methoxy groups -OCH3 is 1. The molecule has 2 rings (SSSR count). The van der Waals surface area contributed by atoms with Crippen molar-refractivity contribution in [3.63, 3.8) is 0 Å². The van der Waals surface area contributed by atoms with E-state index in [1.165, 1.54) is 0 Å². The maximum absolute atomic E-state index is 6.02. The Balaban J connectivity index is 2.05. The monoisotopic (exact) mass is 279 g/mol. The van der Waals surface area contributed by atoms with Crippen LogP contribution in [0.3, 0.4) is 0 Å². The lowest BCUT2D eigenvalue weighted by Gasteiger charge is -2.08. The second-order valence-electron chi connectivity index (χ2n) is 3.70. The minimum absolute atomic E-state index is 0.473. The van der Waals surface area contributed by atoms with Gasteiger partial charge in [0.05, 0.1) is 13.3 Å². The zero-order valence-corrected chi connectivity index (χ0v) is 11.4. The summed E-state index contributed by atoms with van der Waals surface area (Å²) in [7, 11) is 3.33. The Bertz CT molecular complexity index is 546. The third-order valence-corrected chi connectivity index (χ3v) is 2.71. The van der Waals surface area contributed by atoms with Crippen LogP contribution in [0.5, 0.6) is 5.88 Å². The molecule has 0 aliphatic carbocycles. The number of rotatable bonds is 5. The van der Waals surface area contributed by atoms with E-state index in [0.29, 0.717) is 29.2 Å². The van der Waals surface area contributed by atoms with Crippen LogP contribution >= 0.6 is 11.6 Å². The molecule has 0 amide bonds. The largest absolute Gasteiger partial charge is 0.481 e. The Morgan fingerprint density at radius 1 is 1.26 bits per heavy atom. The molecule has 2 aromatic rings. The van der Waals surface area contributed by atoms with Gasteiger partial charge in [0.25, 0.3) is 0 Å². The van der Waals surface area contributed by atoms with Crippen LogP contribution in [0.1, 0.15) is 5.56 Å². The standard InChI is InChI=1S/C12H14ClN5O/c1-14-12-17-7-9(13)11(18-12)16-6-8-3-4-10(19-2)15-5-8/h3-5,7H,6H2,1-2H3,(H2,14,16,17,18). The number of ether oxygens (including phenoxy) is 1. The van der Waals surface area contributed by atoms with Crippen LogP contribution < -0.4 is 15.4 Å². The summed E-state index contributed by atoms with van der Waals surface area (Å²) >= 11 is 6.02.